The van der Waals surface area contributed by atoms with Crippen LogP contribution in [-0.4, -0.2) is 99.5 Å². The topological polar surface area (TPSA) is 127 Å². The Balaban J connectivity index is 2.33. The fraction of sp³-hybridized carbons (Fsp3) is 0.417. The van der Waals surface area contributed by atoms with Crippen molar-refractivity contribution in [3.8, 4) is 11.5 Å². The van der Waals surface area contributed by atoms with E-state index in [0.29, 0.717) is 0 Å². The summed E-state index contributed by atoms with van der Waals surface area (Å²) < 4.78 is 27.3. The van der Waals surface area contributed by atoms with Gasteiger partial charge in [0.05, 0.1) is 93.0 Å². The van der Waals surface area contributed by atoms with Gasteiger partial charge < -0.3 is 39.7 Å². The number of aromatic hydroxyl groups is 2. The molecule has 0 aliphatic heterocycles. The van der Waals surface area contributed by atoms with Gasteiger partial charge in [0.15, 0.2) is 11.5 Å². The number of anilines is 2. The third-order valence-electron chi connectivity index (χ3n) is 6.21. The summed E-state index contributed by atoms with van der Waals surface area (Å²) in [5.41, 5.74) is -2.19. The highest BCUT2D eigenvalue weighted by atomic mass is 35.5. The molecule has 0 unspecified atom stereocenters. The molecule has 3 rings (SSSR count). The minimum absolute atomic E-state index is 0.00562. The van der Waals surface area contributed by atoms with Crippen molar-refractivity contribution in [1.29, 1.82) is 0 Å². The number of halogens is 3. The van der Waals surface area contributed by atoms with Gasteiger partial charge in [-0.1, -0.05) is 11.6 Å². The zero-order valence-electron chi connectivity index (χ0n) is 21.4. The first kappa shape index (κ1) is 28.5. The lowest BCUT2D eigenvalue weighted by atomic mass is 9.80. The molecule has 0 atom stereocenters. The smallest absolute Gasteiger partial charge is 0.205 e. The Hall–Kier alpha value is -3.03. The lowest BCUT2D eigenvalue weighted by Crippen LogP contribution is -2.41. The summed E-state index contributed by atoms with van der Waals surface area (Å²) in [6.07, 6.45) is 0. The maximum atomic E-state index is 14.3. The monoisotopic (exact) mass is 542 g/mol. The van der Waals surface area contributed by atoms with E-state index in [2.05, 4.69) is 0 Å². The van der Waals surface area contributed by atoms with Crippen LogP contribution in [0.25, 0.3) is 0 Å². The number of nitrogens with zero attached hydrogens (tertiary/aromatic N) is 4. The van der Waals surface area contributed by atoms with Crippen molar-refractivity contribution in [2.24, 2.45) is 0 Å². The first-order chi connectivity index (χ1) is 16.9. The Morgan fingerprint density at radius 2 is 1.22 bits per heavy atom. The summed E-state index contributed by atoms with van der Waals surface area (Å²) in [6.45, 7) is 0.388. The van der Waals surface area contributed by atoms with Crippen molar-refractivity contribution in [1.82, 2.24) is 0 Å². The van der Waals surface area contributed by atoms with E-state index in [1.165, 1.54) is 51.1 Å². The fourth-order valence-corrected chi connectivity index (χ4v) is 4.46. The highest BCUT2D eigenvalue weighted by molar-refractivity contribution is 6.39. The van der Waals surface area contributed by atoms with Crippen LogP contribution in [0.3, 0.4) is 0 Å². The van der Waals surface area contributed by atoms with Crippen LogP contribution in [0.2, 0.25) is 5.02 Å². The highest BCUT2D eigenvalue weighted by Gasteiger charge is 2.42. The minimum Gasteiger partial charge on any atom is -0.633 e. The average Bonchev–Trinajstić information content (AvgIpc) is 2.78. The number of phenolic OH excluding ortho intramolecular Hbond substituents is 2. The number of hydrogen-bond donors (Lipinski definition) is 2. The zero-order valence-corrected chi connectivity index (χ0v) is 22.1. The molecule has 2 aromatic rings. The molecule has 0 radical (unpaired) electrons. The van der Waals surface area contributed by atoms with E-state index in [-0.39, 0.29) is 53.7 Å². The Morgan fingerprint density at radius 1 is 0.811 bits per heavy atom. The van der Waals surface area contributed by atoms with Gasteiger partial charge in [-0.3, -0.25) is 9.59 Å². The molecule has 0 saturated carbocycles. The van der Waals surface area contributed by atoms with Crippen LogP contribution in [0.5, 0.6) is 11.5 Å². The molecule has 37 heavy (non-hydrogen) atoms. The van der Waals surface area contributed by atoms with Crippen LogP contribution in [0, 0.1) is 22.0 Å². The molecule has 202 valence electrons. The molecule has 1 aliphatic carbocycles. The number of likely N-dealkylation sites (N-methyl/N-ethyl adjacent to an activating group) is 4. The number of carbonyl (C=O) groups excluding carboxylic acids is 2. The van der Waals surface area contributed by atoms with Gasteiger partial charge in [-0.15, -0.1) is 0 Å². The van der Waals surface area contributed by atoms with Crippen LogP contribution < -0.4 is 9.80 Å². The average molecular weight is 543 g/mol. The molecule has 1 aliphatic rings. The normalized spacial score (nSPS) is 13.5. The van der Waals surface area contributed by atoms with E-state index >= 15 is 0 Å². The Bertz CT molecular complexity index is 1290. The Kier molecular flexibility index (Phi) is 7.47. The van der Waals surface area contributed by atoms with Crippen molar-refractivity contribution >= 4 is 34.5 Å². The van der Waals surface area contributed by atoms with Crippen molar-refractivity contribution < 1.29 is 37.9 Å². The van der Waals surface area contributed by atoms with Crippen molar-refractivity contribution in [3.05, 3.63) is 55.4 Å². The van der Waals surface area contributed by atoms with Crippen LogP contribution in [-0.2, 0) is 0 Å². The van der Waals surface area contributed by atoms with Crippen molar-refractivity contribution in [2.75, 3.05) is 78.3 Å². The first-order valence-corrected chi connectivity index (χ1v) is 11.6. The van der Waals surface area contributed by atoms with E-state index in [1.54, 1.807) is 7.05 Å². The number of quaternary nitrogens is 2. The van der Waals surface area contributed by atoms with E-state index in [0.717, 1.165) is 0 Å². The predicted octanol–water partition coefficient (Wildman–Crippen LogP) is 2.83. The van der Waals surface area contributed by atoms with Crippen LogP contribution in [0.15, 0.2) is 6.07 Å². The molecule has 10 nitrogen and oxygen atoms in total. The molecule has 2 aromatic carbocycles. The first-order valence-electron chi connectivity index (χ1n) is 11.3. The third-order valence-corrected chi connectivity index (χ3v) is 6.50. The van der Waals surface area contributed by atoms with Crippen molar-refractivity contribution in [3.63, 3.8) is 0 Å². The Labute approximate surface area is 217 Å². The number of rotatable bonds is 8. The summed E-state index contributed by atoms with van der Waals surface area (Å²) in [4.78, 5) is 30.4. The summed E-state index contributed by atoms with van der Waals surface area (Å²) in [6, 6.07) is 1.39. The molecule has 0 amide bonds. The highest BCUT2D eigenvalue weighted by Crippen LogP contribution is 2.48. The van der Waals surface area contributed by atoms with E-state index in [9.17, 15) is 39.0 Å². The molecular formula is C24H29ClF2N4O6. The zero-order chi connectivity index (χ0) is 28.2. The number of hydroxylamine groups is 6. The quantitative estimate of drug-likeness (QED) is 0.253. The molecule has 0 fully saturated rings. The third kappa shape index (κ3) is 5.34. The van der Waals surface area contributed by atoms with Gasteiger partial charge in [-0.2, -0.15) is 8.78 Å². The lowest BCUT2D eigenvalue weighted by molar-refractivity contribution is -0.838. The maximum Gasteiger partial charge on any atom is 0.205 e. The molecule has 0 saturated heterocycles. The molecule has 0 heterocycles. The van der Waals surface area contributed by atoms with Gasteiger partial charge in [-0.05, 0) is 6.07 Å². The lowest BCUT2D eigenvalue weighted by Gasteiger charge is -2.37. The SMILES string of the molecule is CN(CC[N+](C)(C)[O-])c1cc(Cl)c(N(C)CC[N+](C)(C)[O-])c2c1C(=O)c1c(O)c(F)c(F)c(O)c1C2=O. The predicted molar refractivity (Wildman–Crippen MR) is 135 cm³/mol. The molecule has 13 heteroatoms. The molecule has 2 N–H and O–H groups in total. The summed E-state index contributed by atoms with van der Waals surface area (Å²) in [5, 5.41) is 44.8. The molecule has 0 aromatic heterocycles. The number of benzene rings is 2. The van der Waals surface area contributed by atoms with Gasteiger partial charge in [0.25, 0.3) is 0 Å². The van der Waals surface area contributed by atoms with Gasteiger partial charge in [-0.25, -0.2) is 0 Å². The number of carbonyl (C=O) groups is 2. The summed E-state index contributed by atoms with van der Waals surface area (Å²) >= 11 is 6.59. The fourth-order valence-electron chi connectivity index (χ4n) is 4.12. The minimum atomic E-state index is -1.88. The van der Waals surface area contributed by atoms with Gasteiger partial charge in [0.2, 0.25) is 23.2 Å². The second-order valence-electron chi connectivity index (χ2n) is 10.1. The van der Waals surface area contributed by atoms with Gasteiger partial charge in [0, 0.05) is 14.1 Å². The van der Waals surface area contributed by atoms with Crippen LogP contribution >= 0.6 is 11.6 Å². The molecule has 0 spiro atoms. The second-order valence-corrected chi connectivity index (χ2v) is 10.6. The molecule has 0 bridgehead atoms. The summed E-state index contributed by atoms with van der Waals surface area (Å²) in [7, 11) is 8.77. The molecular weight excluding hydrogens is 514 g/mol. The number of fused-ring (bicyclic) bond motifs is 2. The Morgan fingerprint density at radius 3 is 1.65 bits per heavy atom. The number of phenols is 2. The number of hydrogen-bond acceptors (Lipinski definition) is 8. The van der Waals surface area contributed by atoms with Crippen LogP contribution in [0.1, 0.15) is 31.8 Å². The largest absolute Gasteiger partial charge is 0.633 e. The number of ketones is 2. The standard InChI is InChI=1S/C24H29ClF2N4O6/c1-28(7-9-30(3,4)36)13-11-12(25)20(29(2)8-10-31(5,6)37)15-14(13)21(32)16-17(22(15)33)24(35)19(27)18(26)23(16)34/h11,34-35H,7-10H2,1-6H3. The van der Waals surface area contributed by atoms with E-state index in [1.807, 2.05) is 0 Å². The van der Waals surface area contributed by atoms with Crippen LogP contribution in [0.4, 0.5) is 20.2 Å². The van der Waals surface area contributed by atoms with E-state index in [4.69, 9.17) is 11.6 Å². The summed E-state index contributed by atoms with van der Waals surface area (Å²) in [5.74, 6) is -8.68. The second kappa shape index (κ2) is 9.69. The van der Waals surface area contributed by atoms with Gasteiger partial charge in [0.1, 0.15) is 0 Å². The van der Waals surface area contributed by atoms with Crippen molar-refractivity contribution in [2.45, 2.75) is 0 Å². The maximum absolute atomic E-state index is 14.3. The van der Waals surface area contributed by atoms with E-state index < -0.39 is 55.1 Å². The van der Waals surface area contributed by atoms with Gasteiger partial charge >= 0.3 is 0 Å².